The Labute approximate surface area is 132 Å². The number of aliphatic hydroxyl groups excluding tert-OH is 2. The summed E-state index contributed by atoms with van der Waals surface area (Å²) in [6.07, 6.45) is 0.111. The van der Waals surface area contributed by atoms with E-state index in [0.717, 1.165) is 6.42 Å². The minimum Gasteiger partial charge on any atom is -0.390 e. The molecule has 1 aromatic carbocycles. The van der Waals surface area contributed by atoms with Gasteiger partial charge in [-0.05, 0) is 49.6 Å². The number of nitrogens with one attached hydrogen (secondary N) is 2. The Morgan fingerprint density at radius 1 is 1.26 bits per heavy atom. The Bertz CT molecular complexity index is 686. The minimum absolute atomic E-state index is 0.247. The first-order chi connectivity index (χ1) is 11.0. The molecular weight excluding hydrogens is 301 g/mol. The van der Waals surface area contributed by atoms with Gasteiger partial charge in [-0.25, -0.2) is 4.39 Å². The second-order valence-corrected chi connectivity index (χ2v) is 5.74. The number of amides is 1. The first-order valence-corrected chi connectivity index (χ1v) is 7.53. The molecule has 0 aliphatic heterocycles. The zero-order valence-corrected chi connectivity index (χ0v) is 12.4. The van der Waals surface area contributed by atoms with Crippen molar-refractivity contribution in [2.75, 3.05) is 0 Å². The highest BCUT2D eigenvalue weighted by molar-refractivity contribution is 5.93. The molecule has 7 heteroatoms. The SMILES string of the molecule is O=C(N[C@@H]1CCC[C@@H](O)[C@@H]1O)c1cc(-c2ccc(F)cc2)n[nH]1. The quantitative estimate of drug-likeness (QED) is 0.684. The van der Waals surface area contributed by atoms with Gasteiger partial charge in [0.15, 0.2) is 0 Å². The highest BCUT2D eigenvalue weighted by atomic mass is 19.1. The molecule has 2 aromatic rings. The molecule has 1 heterocycles. The lowest BCUT2D eigenvalue weighted by Crippen LogP contribution is -2.51. The summed E-state index contributed by atoms with van der Waals surface area (Å²) in [6, 6.07) is 6.88. The second kappa shape index (κ2) is 6.47. The summed E-state index contributed by atoms with van der Waals surface area (Å²) in [5.41, 5.74) is 1.46. The number of aliphatic hydroxyl groups is 2. The topological polar surface area (TPSA) is 98.2 Å². The highest BCUT2D eigenvalue weighted by Crippen LogP contribution is 2.21. The predicted octanol–water partition coefficient (Wildman–Crippen LogP) is 1.22. The standard InChI is InChI=1S/C16H18FN3O3/c17-10-6-4-9(5-7-10)12-8-13(20-19-12)16(23)18-11-2-1-3-14(21)15(11)22/h4-8,11,14-15,21-22H,1-3H2,(H,18,23)(H,19,20)/t11-,14-,15-/m1/s1. The number of benzene rings is 1. The van der Waals surface area contributed by atoms with Crippen LogP contribution in [-0.2, 0) is 0 Å². The van der Waals surface area contributed by atoms with E-state index in [2.05, 4.69) is 15.5 Å². The van der Waals surface area contributed by atoms with E-state index in [1.807, 2.05) is 0 Å². The van der Waals surface area contributed by atoms with Gasteiger partial charge in [0.1, 0.15) is 11.5 Å². The normalized spacial score (nSPS) is 24.4. The number of H-pyrrole nitrogens is 1. The molecule has 0 bridgehead atoms. The zero-order chi connectivity index (χ0) is 16.4. The maximum absolute atomic E-state index is 12.9. The molecule has 1 fully saturated rings. The van der Waals surface area contributed by atoms with Gasteiger partial charge in [0.25, 0.3) is 5.91 Å². The molecule has 0 saturated heterocycles. The van der Waals surface area contributed by atoms with E-state index in [1.54, 1.807) is 18.2 Å². The van der Waals surface area contributed by atoms with Gasteiger partial charge in [0.2, 0.25) is 0 Å². The summed E-state index contributed by atoms with van der Waals surface area (Å²) in [5.74, 6) is -0.740. The van der Waals surface area contributed by atoms with Crippen LogP contribution in [-0.4, -0.2) is 44.6 Å². The highest BCUT2D eigenvalue weighted by Gasteiger charge is 2.31. The summed E-state index contributed by atoms with van der Waals surface area (Å²) in [4.78, 5) is 12.2. The van der Waals surface area contributed by atoms with Crippen LogP contribution in [0, 0.1) is 5.82 Å². The van der Waals surface area contributed by atoms with Crippen molar-refractivity contribution in [1.82, 2.24) is 15.5 Å². The number of nitrogens with zero attached hydrogens (tertiary/aromatic N) is 1. The summed E-state index contributed by atoms with van der Waals surface area (Å²) in [7, 11) is 0. The fourth-order valence-corrected chi connectivity index (χ4v) is 2.77. The number of rotatable bonds is 3. The van der Waals surface area contributed by atoms with Gasteiger partial charge in [-0.15, -0.1) is 0 Å². The molecule has 1 aromatic heterocycles. The molecule has 0 unspecified atom stereocenters. The average Bonchev–Trinajstić information content (AvgIpc) is 3.02. The Morgan fingerprint density at radius 2 is 2.00 bits per heavy atom. The van der Waals surface area contributed by atoms with Crippen molar-refractivity contribution < 1.29 is 19.4 Å². The molecule has 122 valence electrons. The van der Waals surface area contributed by atoms with Crippen LogP contribution in [0.25, 0.3) is 11.3 Å². The van der Waals surface area contributed by atoms with Crippen LogP contribution < -0.4 is 5.32 Å². The van der Waals surface area contributed by atoms with Crippen molar-refractivity contribution in [2.45, 2.75) is 37.5 Å². The van der Waals surface area contributed by atoms with E-state index in [1.165, 1.54) is 12.1 Å². The first kappa shape index (κ1) is 15.6. The van der Waals surface area contributed by atoms with E-state index in [4.69, 9.17) is 0 Å². The molecule has 23 heavy (non-hydrogen) atoms. The van der Waals surface area contributed by atoms with Crippen molar-refractivity contribution in [3.05, 3.63) is 41.8 Å². The van der Waals surface area contributed by atoms with Crippen LogP contribution in [0.15, 0.2) is 30.3 Å². The maximum Gasteiger partial charge on any atom is 0.269 e. The zero-order valence-electron chi connectivity index (χ0n) is 12.4. The number of carbonyl (C=O) groups excluding carboxylic acids is 1. The van der Waals surface area contributed by atoms with E-state index in [9.17, 15) is 19.4 Å². The number of hydrogen-bond donors (Lipinski definition) is 4. The molecule has 1 saturated carbocycles. The predicted molar refractivity (Wildman–Crippen MR) is 81.1 cm³/mol. The van der Waals surface area contributed by atoms with Gasteiger partial charge < -0.3 is 15.5 Å². The fraction of sp³-hybridized carbons (Fsp3) is 0.375. The second-order valence-electron chi connectivity index (χ2n) is 5.74. The van der Waals surface area contributed by atoms with E-state index in [-0.39, 0.29) is 11.5 Å². The molecule has 1 aliphatic rings. The molecule has 1 aliphatic carbocycles. The van der Waals surface area contributed by atoms with Crippen molar-refractivity contribution >= 4 is 5.91 Å². The van der Waals surface area contributed by atoms with Gasteiger partial charge in [-0.1, -0.05) is 0 Å². The largest absolute Gasteiger partial charge is 0.390 e. The van der Waals surface area contributed by atoms with Crippen molar-refractivity contribution in [3.63, 3.8) is 0 Å². The number of aromatic amines is 1. The number of hydrogen-bond acceptors (Lipinski definition) is 4. The summed E-state index contributed by atoms with van der Waals surface area (Å²) >= 11 is 0. The molecule has 0 spiro atoms. The van der Waals surface area contributed by atoms with E-state index in [0.29, 0.717) is 24.1 Å². The van der Waals surface area contributed by atoms with Crippen molar-refractivity contribution in [1.29, 1.82) is 0 Å². The number of carbonyl (C=O) groups is 1. The molecular formula is C16H18FN3O3. The minimum atomic E-state index is -0.966. The molecule has 0 radical (unpaired) electrons. The maximum atomic E-state index is 12.9. The van der Waals surface area contributed by atoms with Crippen molar-refractivity contribution in [2.24, 2.45) is 0 Å². The van der Waals surface area contributed by atoms with Gasteiger partial charge in [0, 0.05) is 5.56 Å². The Hall–Kier alpha value is -2.25. The Balaban J connectivity index is 1.70. The lowest BCUT2D eigenvalue weighted by molar-refractivity contribution is -0.0278. The van der Waals surface area contributed by atoms with Crippen LogP contribution in [0.5, 0.6) is 0 Å². The van der Waals surface area contributed by atoms with Gasteiger partial charge in [0.05, 0.1) is 23.9 Å². The number of aromatic nitrogens is 2. The van der Waals surface area contributed by atoms with Crippen LogP contribution >= 0.6 is 0 Å². The van der Waals surface area contributed by atoms with Crippen molar-refractivity contribution in [3.8, 4) is 11.3 Å². The Kier molecular flexibility index (Phi) is 4.40. The monoisotopic (exact) mass is 319 g/mol. The molecule has 3 atom stereocenters. The Morgan fingerprint density at radius 3 is 2.74 bits per heavy atom. The fourth-order valence-electron chi connectivity index (χ4n) is 2.77. The van der Waals surface area contributed by atoms with Gasteiger partial charge >= 0.3 is 0 Å². The van der Waals surface area contributed by atoms with Crippen LogP contribution in [0.2, 0.25) is 0 Å². The molecule has 6 nitrogen and oxygen atoms in total. The molecule has 3 rings (SSSR count). The third kappa shape index (κ3) is 3.40. The first-order valence-electron chi connectivity index (χ1n) is 7.53. The van der Waals surface area contributed by atoms with E-state index < -0.39 is 24.2 Å². The average molecular weight is 319 g/mol. The summed E-state index contributed by atoms with van der Waals surface area (Å²) in [5, 5.41) is 29.0. The summed E-state index contributed by atoms with van der Waals surface area (Å²) < 4.78 is 12.9. The third-order valence-corrected chi connectivity index (χ3v) is 4.10. The lowest BCUT2D eigenvalue weighted by Gasteiger charge is -2.32. The van der Waals surface area contributed by atoms with Gasteiger partial charge in [-0.3, -0.25) is 9.89 Å². The van der Waals surface area contributed by atoms with Crippen LogP contribution in [0.3, 0.4) is 0 Å². The summed E-state index contributed by atoms with van der Waals surface area (Å²) in [6.45, 7) is 0. The molecule has 1 amide bonds. The third-order valence-electron chi connectivity index (χ3n) is 4.10. The smallest absolute Gasteiger partial charge is 0.269 e. The van der Waals surface area contributed by atoms with E-state index >= 15 is 0 Å². The van der Waals surface area contributed by atoms with Gasteiger partial charge in [-0.2, -0.15) is 5.10 Å². The number of halogens is 1. The molecule has 4 N–H and O–H groups in total. The van der Waals surface area contributed by atoms with Crippen LogP contribution in [0.1, 0.15) is 29.8 Å². The lowest BCUT2D eigenvalue weighted by atomic mass is 9.90. The van der Waals surface area contributed by atoms with Crippen LogP contribution in [0.4, 0.5) is 4.39 Å².